The molecule has 0 bridgehead atoms. The molecule has 1 nitrogen and oxygen atoms in total. The number of Topliss-reactive ketones (excluding diaryl/α,β-unsaturated/α-hetero) is 1. The lowest BCUT2D eigenvalue weighted by molar-refractivity contribution is 0.0979. The van der Waals surface area contributed by atoms with Gasteiger partial charge in [0, 0.05) is 17.0 Å². The molecule has 0 heterocycles. The van der Waals surface area contributed by atoms with E-state index in [9.17, 15) is 4.79 Å². The van der Waals surface area contributed by atoms with Gasteiger partial charge in [-0.1, -0.05) is 54.1 Å². The number of halogens is 1. The van der Waals surface area contributed by atoms with Crippen LogP contribution in [0.4, 0.5) is 0 Å². The second kappa shape index (κ2) is 6.53. The molecule has 19 heavy (non-hydrogen) atoms. The van der Waals surface area contributed by atoms with Gasteiger partial charge < -0.3 is 0 Å². The highest BCUT2D eigenvalue weighted by Crippen LogP contribution is 2.20. The molecule has 0 radical (unpaired) electrons. The zero-order valence-corrected chi connectivity index (χ0v) is 11.8. The van der Waals surface area contributed by atoms with Crippen molar-refractivity contribution in [2.75, 3.05) is 0 Å². The van der Waals surface area contributed by atoms with Crippen LogP contribution in [0.15, 0.2) is 48.5 Å². The Labute approximate surface area is 119 Å². The molecule has 0 aliphatic rings. The first-order valence-corrected chi connectivity index (χ1v) is 6.88. The van der Waals surface area contributed by atoms with Crippen LogP contribution in [-0.2, 0) is 6.42 Å². The smallest absolute Gasteiger partial charge is 0.163 e. The largest absolute Gasteiger partial charge is 0.294 e. The van der Waals surface area contributed by atoms with E-state index < -0.39 is 0 Å². The van der Waals surface area contributed by atoms with Crippen molar-refractivity contribution in [2.45, 2.75) is 26.2 Å². The maximum Gasteiger partial charge on any atom is 0.163 e. The van der Waals surface area contributed by atoms with Crippen LogP contribution in [-0.4, -0.2) is 5.78 Å². The van der Waals surface area contributed by atoms with Crippen LogP contribution in [0.5, 0.6) is 0 Å². The van der Waals surface area contributed by atoms with Crippen molar-refractivity contribution in [1.82, 2.24) is 0 Å². The van der Waals surface area contributed by atoms with Crippen molar-refractivity contribution in [2.24, 2.45) is 0 Å². The first kappa shape index (κ1) is 13.8. The summed E-state index contributed by atoms with van der Waals surface area (Å²) in [5.41, 5.74) is 2.91. The molecule has 0 aliphatic heterocycles. The molecule has 98 valence electrons. The van der Waals surface area contributed by atoms with E-state index in [-0.39, 0.29) is 5.78 Å². The molecule has 0 saturated heterocycles. The number of benzene rings is 2. The number of carbonyl (C=O) groups excluding carboxylic acids is 1. The van der Waals surface area contributed by atoms with Gasteiger partial charge in [-0.05, 0) is 37.0 Å². The van der Waals surface area contributed by atoms with Crippen molar-refractivity contribution < 1.29 is 4.79 Å². The average Bonchev–Trinajstić information content (AvgIpc) is 2.43. The summed E-state index contributed by atoms with van der Waals surface area (Å²) in [5.74, 6) is 0.177. The van der Waals surface area contributed by atoms with E-state index in [1.54, 1.807) is 0 Å². The Morgan fingerprint density at radius 1 is 1.05 bits per heavy atom. The number of ketones is 1. The van der Waals surface area contributed by atoms with E-state index in [4.69, 9.17) is 11.6 Å². The molecule has 2 aromatic rings. The lowest BCUT2D eigenvalue weighted by Gasteiger charge is -2.06. The van der Waals surface area contributed by atoms with Crippen LogP contribution in [0.3, 0.4) is 0 Å². The molecule has 0 atom stereocenters. The van der Waals surface area contributed by atoms with Gasteiger partial charge in [-0.2, -0.15) is 0 Å². The molecule has 0 spiro atoms. The third-order valence-corrected chi connectivity index (χ3v) is 3.69. The number of aryl methyl sites for hydroxylation is 1. The zero-order chi connectivity index (χ0) is 13.7. The minimum absolute atomic E-state index is 0.177. The zero-order valence-electron chi connectivity index (χ0n) is 11.0. The average molecular weight is 273 g/mol. The maximum atomic E-state index is 12.1. The molecule has 2 heteroatoms. The summed E-state index contributed by atoms with van der Waals surface area (Å²) in [4.78, 5) is 12.1. The Kier molecular flexibility index (Phi) is 4.75. The molecule has 0 unspecified atom stereocenters. The van der Waals surface area contributed by atoms with Gasteiger partial charge in [0.25, 0.3) is 0 Å². The minimum Gasteiger partial charge on any atom is -0.294 e. The van der Waals surface area contributed by atoms with Gasteiger partial charge in [0.1, 0.15) is 0 Å². The lowest BCUT2D eigenvalue weighted by Crippen LogP contribution is -2.02. The van der Waals surface area contributed by atoms with Gasteiger partial charge in [-0.3, -0.25) is 4.79 Å². The Hall–Kier alpha value is -1.60. The van der Waals surface area contributed by atoms with Crippen LogP contribution in [0.2, 0.25) is 5.02 Å². The summed E-state index contributed by atoms with van der Waals surface area (Å²) >= 11 is 6.04. The number of carbonyl (C=O) groups is 1. The Balaban J connectivity index is 1.93. The monoisotopic (exact) mass is 272 g/mol. The fourth-order valence-electron chi connectivity index (χ4n) is 2.14. The molecule has 0 amide bonds. The van der Waals surface area contributed by atoms with E-state index in [0.717, 1.165) is 24.0 Å². The second-order valence-corrected chi connectivity index (χ2v) is 5.08. The van der Waals surface area contributed by atoms with Gasteiger partial charge in [0.05, 0.1) is 0 Å². The van der Waals surface area contributed by atoms with Crippen molar-refractivity contribution >= 4 is 17.4 Å². The summed E-state index contributed by atoms with van der Waals surface area (Å²) in [6, 6.07) is 15.7. The fourth-order valence-corrected chi connectivity index (χ4v) is 2.32. The molecular formula is C17H17ClO. The normalized spacial score (nSPS) is 10.4. The SMILES string of the molecule is Cc1c(Cl)cccc1C(=O)CCCc1ccccc1. The van der Waals surface area contributed by atoms with Gasteiger partial charge in [-0.15, -0.1) is 0 Å². The van der Waals surface area contributed by atoms with E-state index in [2.05, 4.69) is 12.1 Å². The molecule has 0 aromatic heterocycles. The van der Waals surface area contributed by atoms with Crippen LogP contribution in [0.25, 0.3) is 0 Å². The predicted molar refractivity (Wildman–Crippen MR) is 79.9 cm³/mol. The lowest BCUT2D eigenvalue weighted by atomic mass is 9.99. The van der Waals surface area contributed by atoms with Gasteiger partial charge in [-0.25, -0.2) is 0 Å². The van der Waals surface area contributed by atoms with Crippen molar-refractivity contribution in [3.8, 4) is 0 Å². The fraction of sp³-hybridized carbons (Fsp3) is 0.235. The van der Waals surface area contributed by atoms with Crippen molar-refractivity contribution in [3.05, 3.63) is 70.2 Å². The second-order valence-electron chi connectivity index (χ2n) is 4.67. The summed E-state index contributed by atoms with van der Waals surface area (Å²) in [6.07, 6.45) is 2.37. The van der Waals surface area contributed by atoms with Gasteiger partial charge >= 0.3 is 0 Å². The quantitative estimate of drug-likeness (QED) is 0.711. The molecule has 2 rings (SSSR count). The molecular weight excluding hydrogens is 256 g/mol. The molecule has 0 N–H and O–H groups in total. The van der Waals surface area contributed by atoms with E-state index in [1.165, 1.54) is 5.56 Å². The highest BCUT2D eigenvalue weighted by Gasteiger charge is 2.10. The van der Waals surface area contributed by atoms with E-state index in [1.807, 2.05) is 43.3 Å². The summed E-state index contributed by atoms with van der Waals surface area (Å²) in [5, 5.41) is 0.661. The highest BCUT2D eigenvalue weighted by molar-refractivity contribution is 6.31. The molecule has 2 aromatic carbocycles. The predicted octanol–water partition coefficient (Wildman–Crippen LogP) is 4.85. The standard InChI is InChI=1S/C17H17ClO/c1-13-15(10-6-11-16(13)18)17(19)12-5-9-14-7-3-2-4-8-14/h2-4,6-8,10-11H,5,9,12H2,1H3. The van der Waals surface area contributed by atoms with Crippen molar-refractivity contribution in [3.63, 3.8) is 0 Å². The van der Waals surface area contributed by atoms with E-state index >= 15 is 0 Å². The van der Waals surface area contributed by atoms with Crippen LogP contribution < -0.4 is 0 Å². The Morgan fingerprint density at radius 3 is 2.53 bits per heavy atom. The topological polar surface area (TPSA) is 17.1 Å². The van der Waals surface area contributed by atoms with Gasteiger partial charge in [0.15, 0.2) is 5.78 Å². The van der Waals surface area contributed by atoms with Gasteiger partial charge in [0.2, 0.25) is 0 Å². The summed E-state index contributed by atoms with van der Waals surface area (Å²) in [6.45, 7) is 1.90. The summed E-state index contributed by atoms with van der Waals surface area (Å²) < 4.78 is 0. The van der Waals surface area contributed by atoms with Crippen LogP contribution in [0.1, 0.15) is 34.3 Å². The third kappa shape index (κ3) is 3.68. The summed E-state index contributed by atoms with van der Waals surface area (Å²) in [7, 11) is 0. The highest BCUT2D eigenvalue weighted by atomic mass is 35.5. The number of hydrogen-bond donors (Lipinski definition) is 0. The third-order valence-electron chi connectivity index (χ3n) is 3.28. The molecule has 0 aliphatic carbocycles. The maximum absolute atomic E-state index is 12.1. The van der Waals surface area contributed by atoms with Crippen molar-refractivity contribution in [1.29, 1.82) is 0 Å². The number of rotatable bonds is 5. The van der Waals surface area contributed by atoms with Crippen LogP contribution >= 0.6 is 11.6 Å². The Bertz CT molecular complexity index is 561. The minimum atomic E-state index is 0.177. The molecule has 0 saturated carbocycles. The first-order valence-electron chi connectivity index (χ1n) is 6.50. The Morgan fingerprint density at radius 2 is 1.79 bits per heavy atom. The first-order chi connectivity index (χ1) is 9.18. The number of hydrogen-bond acceptors (Lipinski definition) is 1. The van der Waals surface area contributed by atoms with Crippen LogP contribution in [0, 0.1) is 6.92 Å². The van der Waals surface area contributed by atoms with E-state index in [0.29, 0.717) is 11.4 Å². The molecule has 0 fully saturated rings.